The average Bonchev–Trinajstić information content (AvgIpc) is 1.78. The highest BCUT2D eigenvalue weighted by molar-refractivity contribution is 7.47. The first-order valence-corrected chi connectivity index (χ1v) is 30.7. The Kier molecular flexibility index (Phi) is 20.6. The first-order valence-electron chi connectivity index (χ1n) is 27.7. The minimum atomic E-state index is -5.31. The number of hydrogen-bond donors (Lipinski definition) is 12. The number of unbranched alkanes of at least 4 members (excludes halogenated alkanes) is 3. The molecule has 0 aliphatic carbocycles. The molecule has 3 saturated heterocycles. The van der Waals surface area contributed by atoms with Gasteiger partial charge in [-0.1, -0.05) is 32.4 Å². The van der Waals surface area contributed by atoms with Crippen molar-refractivity contribution in [2.24, 2.45) is 11.7 Å². The number of nitrogens with two attached hydrogens (primary N) is 2. The van der Waals surface area contributed by atoms with Gasteiger partial charge in [0.15, 0.2) is 40.6 Å². The SMILES string of the molecule is CC(C)[C@H](NC(=O)CCCCCN1C(=O)C=CC1=O)C(=O)N[C@@H](CCCCNC(N)=O)C(=O)Nc1ccc(COC(=O)Nc2ncnc3c2ncn3[C@@H]2O[C@@H]3COP(=O)(O)OC4C(O)[C@H](n5cnc6c(=O)[nH]c(N)nc65)O[C@@H]4COP(=O)(O)OC2[C@H]3O)cc1. The third kappa shape index (κ3) is 16.0. The van der Waals surface area contributed by atoms with E-state index in [1.807, 2.05) is 0 Å². The number of aromatic nitrogens is 8. The number of anilines is 3. The van der Waals surface area contributed by atoms with Crippen LogP contribution in [0.3, 0.4) is 0 Å². The standard InChI is InChI=1S/C50H64N16O21P2/c1-24(2)33(60-30(67)9-4-3-7-17-64-31(68)14-15-32(64)69)44(73)59-27(8-5-6-16-53-49(52)75)43(72)58-26-12-10-25(11-13-26)18-81-50(76)61-40-34-41(55-21-54-40)65(22-56-34)47-39-36(70)28(84-47)19-82-88(77,78)86-38-29(20-83-89(79,80)87-39)85-46(37(38)71)66-23-57-35-42(66)62-48(51)63-45(35)74/h10-15,21-24,27-29,33,36-39,46-47,70-71H,3-9,16-20H2,1-2H3,(H,58,72)(H,59,73)(H,60,67)(H,77,78)(H,79,80)(H3,52,53,75)(H3,51,62,63,74)(H,54,55,61,76)/t27-,28+,29+,33-,36-,37?,38?,39?,46+,47+/m0/s1. The Balaban J connectivity index is 0.798. The molecular weight excluding hydrogens is 1220 g/mol. The molecular formula is C50H64N16O21P2. The number of urea groups is 1. The van der Waals surface area contributed by atoms with Gasteiger partial charge in [-0.3, -0.25) is 71.2 Å². The Labute approximate surface area is 502 Å². The van der Waals surface area contributed by atoms with E-state index in [4.69, 9.17) is 43.8 Å². The molecule has 89 heavy (non-hydrogen) atoms. The van der Waals surface area contributed by atoms with Crippen molar-refractivity contribution >= 4 is 97.1 Å². The lowest BCUT2D eigenvalue weighted by atomic mass is 10.0. The quantitative estimate of drug-likeness (QED) is 0.0241. The minimum absolute atomic E-state index is 0.0705. The van der Waals surface area contributed by atoms with Crippen molar-refractivity contribution in [1.82, 2.24) is 59.9 Å². The second kappa shape index (κ2) is 28.1. The minimum Gasteiger partial charge on any atom is -0.444 e. The first-order chi connectivity index (χ1) is 42.3. The summed E-state index contributed by atoms with van der Waals surface area (Å²) in [5.74, 6) is -3.29. The van der Waals surface area contributed by atoms with E-state index in [-0.39, 0.29) is 84.4 Å². The molecule has 0 spiro atoms. The molecule has 14 N–H and O–H groups in total. The predicted octanol–water partition coefficient (Wildman–Crippen LogP) is -0.287. The summed E-state index contributed by atoms with van der Waals surface area (Å²) in [5, 5.41) is 36.0. The highest BCUT2D eigenvalue weighted by atomic mass is 31.2. The van der Waals surface area contributed by atoms with E-state index in [0.717, 1.165) is 33.0 Å². The fraction of sp³-hybridized carbons (Fsp3) is 0.500. The highest BCUT2D eigenvalue weighted by Crippen LogP contribution is 2.54. The zero-order chi connectivity index (χ0) is 63.9. The lowest BCUT2D eigenvalue weighted by molar-refractivity contribution is -0.137. The summed E-state index contributed by atoms with van der Waals surface area (Å²) in [6.07, 6.45) is -6.79. The molecule has 0 radical (unpaired) electrons. The summed E-state index contributed by atoms with van der Waals surface area (Å²) in [6, 6.07) is 3.31. The Morgan fingerprint density at radius 3 is 2.13 bits per heavy atom. The zero-order valence-electron chi connectivity index (χ0n) is 47.4. The Hall–Kier alpha value is -8.19. The molecule has 480 valence electrons. The zero-order valence-corrected chi connectivity index (χ0v) is 49.2. The number of benzene rings is 1. The second-order valence-corrected chi connectivity index (χ2v) is 23.9. The smallest absolute Gasteiger partial charge is 0.444 e. The Morgan fingerprint density at radius 2 is 1.44 bits per heavy atom. The van der Waals surface area contributed by atoms with E-state index in [0.29, 0.717) is 43.4 Å². The van der Waals surface area contributed by atoms with E-state index in [1.54, 1.807) is 26.0 Å². The molecule has 8 heterocycles. The molecule has 39 heteroatoms. The van der Waals surface area contributed by atoms with Crippen LogP contribution in [-0.2, 0) is 72.0 Å². The summed E-state index contributed by atoms with van der Waals surface area (Å²) >= 11 is 0. The molecule has 37 nitrogen and oxygen atoms in total. The number of rotatable bonds is 22. The van der Waals surface area contributed by atoms with E-state index in [9.17, 15) is 67.5 Å². The number of phosphoric acid groups is 2. The van der Waals surface area contributed by atoms with Crippen LogP contribution in [0.5, 0.6) is 0 Å². The van der Waals surface area contributed by atoms with Gasteiger partial charge in [0.25, 0.3) is 17.4 Å². The molecule has 4 aromatic heterocycles. The van der Waals surface area contributed by atoms with Crippen molar-refractivity contribution < 1.29 is 95.0 Å². The maximum Gasteiger partial charge on any atom is 0.472 e. The number of imidazole rings is 2. The number of amides is 8. The molecule has 2 bridgehead atoms. The van der Waals surface area contributed by atoms with Crippen LogP contribution in [0.4, 0.5) is 27.0 Å². The Bertz CT molecular complexity index is 3640. The van der Waals surface area contributed by atoms with Crippen LogP contribution < -0.4 is 43.6 Å². The molecule has 4 aliphatic rings. The van der Waals surface area contributed by atoms with Gasteiger partial charge < -0.3 is 66.9 Å². The number of carbonyl (C=O) groups excluding carboxylic acids is 7. The maximum absolute atomic E-state index is 13.8. The van der Waals surface area contributed by atoms with Gasteiger partial charge in [-0.15, -0.1) is 0 Å². The number of nitrogen functional groups attached to an aromatic ring is 1. The molecule has 5 aromatic rings. The average molecular weight is 1290 g/mol. The second-order valence-electron chi connectivity index (χ2n) is 21.1. The lowest BCUT2D eigenvalue weighted by Crippen LogP contribution is -2.54. The predicted molar refractivity (Wildman–Crippen MR) is 302 cm³/mol. The van der Waals surface area contributed by atoms with E-state index in [1.165, 1.54) is 24.3 Å². The lowest BCUT2D eigenvalue weighted by Gasteiger charge is -2.25. The number of aliphatic hydroxyl groups is 2. The van der Waals surface area contributed by atoms with Gasteiger partial charge in [0.2, 0.25) is 23.7 Å². The van der Waals surface area contributed by atoms with Crippen molar-refractivity contribution in [2.45, 2.75) is 127 Å². The first kappa shape index (κ1) is 65.3. The number of phosphoric ester groups is 2. The van der Waals surface area contributed by atoms with E-state index in [2.05, 4.69) is 56.5 Å². The third-order valence-electron chi connectivity index (χ3n) is 14.4. The van der Waals surface area contributed by atoms with Crippen LogP contribution in [0.2, 0.25) is 0 Å². The van der Waals surface area contributed by atoms with Crippen molar-refractivity contribution in [1.29, 1.82) is 0 Å². The van der Waals surface area contributed by atoms with Crippen LogP contribution in [0.1, 0.15) is 76.8 Å². The third-order valence-corrected chi connectivity index (χ3v) is 16.4. The van der Waals surface area contributed by atoms with Crippen molar-refractivity contribution in [3.05, 3.63) is 71.3 Å². The number of carbonyl (C=O) groups is 7. The van der Waals surface area contributed by atoms with Gasteiger partial charge in [-0.2, -0.15) is 4.98 Å². The highest BCUT2D eigenvalue weighted by Gasteiger charge is 2.54. The maximum atomic E-state index is 13.8. The van der Waals surface area contributed by atoms with E-state index >= 15 is 0 Å². The number of aromatic amines is 1. The topological polar surface area (TPSA) is 522 Å². The van der Waals surface area contributed by atoms with Crippen LogP contribution in [-0.4, -0.2) is 181 Å². The van der Waals surface area contributed by atoms with Gasteiger partial charge in [0.05, 0.1) is 25.9 Å². The van der Waals surface area contributed by atoms with Crippen LogP contribution in [0.25, 0.3) is 22.3 Å². The van der Waals surface area contributed by atoms with Gasteiger partial charge in [0.1, 0.15) is 61.6 Å². The number of H-pyrrole nitrogens is 1. The number of ether oxygens (including phenoxy) is 3. The number of nitrogens with one attached hydrogen (secondary N) is 6. The summed E-state index contributed by atoms with van der Waals surface area (Å²) < 4.78 is 67.9. The molecule has 0 saturated carbocycles. The number of fused-ring (bicyclic) bond motifs is 5. The molecule has 8 amide bonds. The number of hydrogen-bond acceptors (Lipinski definition) is 25. The molecule has 3 fully saturated rings. The summed E-state index contributed by atoms with van der Waals surface area (Å²) in [7, 11) is -10.5. The number of nitrogens with zero attached hydrogens (tertiary/aromatic N) is 8. The summed E-state index contributed by atoms with van der Waals surface area (Å²) in [6.45, 7) is 1.71. The van der Waals surface area contributed by atoms with Gasteiger partial charge in [0, 0.05) is 37.3 Å². The van der Waals surface area contributed by atoms with E-state index < -0.39 is 125 Å². The van der Waals surface area contributed by atoms with Crippen LogP contribution >= 0.6 is 15.6 Å². The van der Waals surface area contributed by atoms with Crippen molar-refractivity contribution in [2.75, 3.05) is 42.7 Å². The molecule has 12 atom stereocenters. The number of primary amides is 1. The summed E-state index contributed by atoms with van der Waals surface area (Å²) in [5.41, 5.74) is 10.3. The molecule has 9 rings (SSSR count). The fourth-order valence-corrected chi connectivity index (χ4v) is 11.8. The largest absolute Gasteiger partial charge is 0.472 e. The van der Waals surface area contributed by atoms with Crippen molar-refractivity contribution in [3.63, 3.8) is 0 Å². The van der Waals surface area contributed by atoms with Gasteiger partial charge in [-0.25, -0.2) is 38.7 Å². The number of imide groups is 1. The van der Waals surface area contributed by atoms with Crippen LogP contribution in [0, 0.1) is 5.92 Å². The molecule has 4 aliphatic heterocycles. The van der Waals surface area contributed by atoms with Crippen molar-refractivity contribution in [3.8, 4) is 0 Å². The number of aliphatic hydroxyl groups excluding tert-OH is 2. The monoisotopic (exact) mass is 1290 g/mol. The Morgan fingerprint density at radius 1 is 0.775 bits per heavy atom. The van der Waals surface area contributed by atoms with Gasteiger partial charge >= 0.3 is 27.8 Å². The van der Waals surface area contributed by atoms with Gasteiger partial charge in [-0.05, 0) is 55.7 Å². The summed E-state index contributed by atoms with van der Waals surface area (Å²) in [4.78, 5) is 147. The molecule has 1 aromatic carbocycles. The normalized spacial score (nSPS) is 26.0. The van der Waals surface area contributed by atoms with Crippen LogP contribution in [0.15, 0.2) is 60.2 Å². The fourth-order valence-electron chi connectivity index (χ4n) is 9.94. The molecule has 5 unspecified atom stereocenters.